The molecule has 240 valence electrons. The van der Waals surface area contributed by atoms with Crippen LogP contribution in [0.4, 0.5) is 19.1 Å². The summed E-state index contributed by atoms with van der Waals surface area (Å²) in [7, 11) is 3.50. The van der Waals surface area contributed by atoms with Crippen LogP contribution in [0.25, 0.3) is 11.0 Å². The fourth-order valence-electron chi connectivity index (χ4n) is 5.94. The number of halogens is 3. The Bertz CT molecular complexity index is 1520. The number of nitrogens with zero attached hydrogens (tertiary/aromatic N) is 4. The van der Waals surface area contributed by atoms with E-state index in [1.165, 1.54) is 0 Å². The number of anilines is 1. The third-order valence-electron chi connectivity index (χ3n) is 8.40. The number of fused-ring (bicyclic) bond motifs is 1. The largest absolute Gasteiger partial charge is 0.522 e. The fraction of sp³-hybridized carbons (Fsp3) is 0.412. The number of hydrogen-bond acceptors (Lipinski definition) is 6. The van der Waals surface area contributed by atoms with Gasteiger partial charge in [-0.3, -0.25) is 9.53 Å². The van der Waals surface area contributed by atoms with Crippen molar-refractivity contribution in [3.05, 3.63) is 90.0 Å². The maximum Gasteiger partial charge on any atom is 0.522 e. The summed E-state index contributed by atoms with van der Waals surface area (Å²) in [6, 6.07) is 25.0. The third kappa shape index (κ3) is 8.76. The highest BCUT2D eigenvalue weighted by molar-refractivity contribution is 5.94. The second kappa shape index (κ2) is 14.8. The van der Waals surface area contributed by atoms with Crippen molar-refractivity contribution >= 4 is 22.9 Å². The normalized spacial score (nSPS) is 15.2. The fourth-order valence-corrected chi connectivity index (χ4v) is 5.94. The van der Waals surface area contributed by atoms with Crippen LogP contribution in [-0.4, -0.2) is 84.6 Å². The van der Waals surface area contributed by atoms with E-state index in [2.05, 4.69) is 32.1 Å². The lowest BCUT2D eigenvalue weighted by atomic mass is 9.94. The van der Waals surface area contributed by atoms with Gasteiger partial charge in [0.05, 0.1) is 24.8 Å². The smallest absolute Gasteiger partial charge is 0.497 e. The van der Waals surface area contributed by atoms with E-state index in [-0.39, 0.29) is 24.4 Å². The molecule has 1 aromatic heterocycles. The van der Waals surface area contributed by atoms with Gasteiger partial charge in [-0.2, -0.15) is 0 Å². The van der Waals surface area contributed by atoms with E-state index in [0.29, 0.717) is 18.1 Å². The van der Waals surface area contributed by atoms with Gasteiger partial charge in [0.25, 0.3) is 5.91 Å². The predicted octanol–water partition coefficient (Wildman–Crippen LogP) is 6.40. The second-order valence-corrected chi connectivity index (χ2v) is 11.4. The minimum atomic E-state index is -4.67. The minimum Gasteiger partial charge on any atom is -0.497 e. The number of aromatic nitrogens is 2. The molecular weight excluding hydrogens is 583 g/mol. The van der Waals surface area contributed by atoms with Crippen molar-refractivity contribution in [3.8, 4) is 5.75 Å². The van der Waals surface area contributed by atoms with Gasteiger partial charge in [0.1, 0.15) is 5.75 Å². The second-order valence-electron chi connectivity index (χ2n) is 11.4. The molecule has 0 saturated carbocycles. The van der Waals surface area contributed by atoms with Crippen LogP contribution in [-0.2, 0) is 11.3 Å². The molecule has 1 atom stereocenters. The first-order valence-corrected chi connectivity index (χ1v) is 15.3. The van der Waals surface area contributed by atoms with E-state index in [0.717, 1.165) is 61.2 Å². The number of likely N-dealkylation sites (N-methyl/N-ethyl adjacent to an activating group) is 1. The Morgan fingerprint density at radius 2 is 1.69 bits per heavy atom. The van der Waals surface area contributed by atoms with Crippen molar-refractivity contribution in [2.45, 2.75) is 44.1 Å². The van der Waals surface area contributed by atoms with Gasteiger partial charge >= 0.3 is 6.36 Å². The molecule has 5 rings (SSSR count). The number of piperidine rings is 1. The van der Waals surface area contributed by atoms with Crippen LogP contribution in [0.3, 0.4) is 0 Å². The van der Waals surface area contributed by atoms with Crippen molar-refractivity contribution in [2.75, 3.05) is 52.3 Å². The van der Waals surface area contributed by atoms with Gasteiger partial charge in [-0.05, 0) is 67.8 Å². The number of carbonyl (C=O) groups is 1. The van der Waals surface area contributed by atoms with Crippen molar-refractivity contribution in [3.63, 3.8) is 0 Å². The summed E-state index contributed by atoms with van der Waals surface area (Å²) >= 11 is 0. The van der Waals surface area contributed by atoms with E-state index in [9.17, 15) is 18.0 Å². The lowest BCUT2D eigenvalue weighted by Crippen LogP contribution is -2.40. The highest BCUT2D eigenvalue weighted by Crippen LogP contribution is 2.27. The first-order valence-electron chi connectivity index (χ1n) is 15.3. The van der Waals surface area contributed by atoms with Gasteiger partial charge in [-0.25, -0.2) is 4.98 Å². The van der Waals surface area contributed by atoms with Crippen LogP contribution < -0.4 is 10.1 Å². The zero-order valence-electron chi connectivity index (χ0n) is 25.7. The topological polar surface area (TPSA) is 71.9 Å². The summed E-state index contributed by atoms with van der Waals surface area (Å²) in [6.45, 7) is 2.77. The van der Waals surface area contributed by atoms with Crippen molar-refractivity contribution in [1.82, 2.24) is 19.4 Å². The Labute approximate surface area is 261 Å². The monoisotopic (exact) mass is 623 g/mol. The molecule has 4 aromatic rings. The van der Waals surface area contributed by atoms with Crippen LogP contribution >= 0.6 is 0 Å². The summed E-state index contributed by atoms with van der Waals surface area (Å²) in [5.74, 6) is 1.49. The van der Waals surface area contributed by atoms with E-state index in [1.54, 1.807) is 16.6 Å². The quantitative estimate of drug-likeness (QED) is 0.186. The summed E-state index contributed by atoms with van der Waals surface area (Å²) in [5.41, 5.74) is 3.33. The molecule has 0 radical (unpaired) electrons. The molecule has 2 heterocycles. The summed E-state index contributed by atoms with van der Waals surface area (Å²) in [4.78, 5) is 22.0. The highest BCUT2D eigenvalue weighted by atomic mass is 19.4. The van der Waals surface area contributed by atoms with Gasteiger partial charge < -0.3 is 24.4 Å². The number of rotatable bonds is 13. The molecular formula is C34H40F3N5O3. The first-order chi connectivity index (χ1) is 21.7. The van der Waals surface area contributed by atoms with Gasteiger partial charge in [-0.15, -0.1) is 13.2 Å². The number of likely N-dealkylation sites (tertiary alicyclic amines) is 1. The molecule has 1 N–H and O–H groups in total. The lowest BCUT2D eigenvalue weighted by Gasteiger charge is -2.34. The molecule has 0 spiro atoms. The molecule has 45 heavy (non-hydrogen) atoms. The van der Waals surface area contributed by atoms with E-state index >= 15 is 0 Å². The third-order valence-corrected chi connectivity index (χ3v) is 8.40. The maximum atomic E-state index is 13.1. The number of methoxy groups -OCH3 is 1. The van der Waals surface area contributed by atoms with E-state index in [4.69, 9.17) is 4.74 Å². The summed E-state index contributed by atoms with van der Waals surface area (Å²) < 4.78 is 49.0. The number of para-hydroxylation sites is 2. The molecule has 0 bridgehead atoms. The average molecular weight is 624 g/mol. The number of imidazole rings is 1. The van der Waals surface area contributed by atoms with Crippen molar-refractivity contribution < 1.29 is 27.4 Å². The minimum absolute atomic E-state index is 0.00279. The standard InChI is InChI=1S/C34H40F3N5O3/c1-40(32(43)26-8-4-3-5-9-26)24-27(25-12-14-29(44-2)15-13-25)16-19-41-20-17-28(18-21-41)38-33-39-30-10-6-7-11-31(30)42(33)22-23-45-34(35,36)37/h3-15,27-28H,16-24H2,1-2H3,(H,38,39). The maximum absolute atomic E-state index is 13.1. The Hall–Kier alpha value is -4.09. The number of alkyl halides is 3. The van der Waals surface area contributed by atoms with Gasteiger partial charge in [-0.1, -0.05) is 42.5 Å². The molecule has 0 aliphatic carbocycles. The summed E-state index contributed by atoms with van der Waals surface area (Å²) in [5, 5.41) is 3.50. The molecule has 8 nitrogen and oxygen atoms in total. The van der Waals surface area contributed by atoms with Crippen LogP contribution in [0.2, 0.25) is 0 Å². The van der Waals surface area contributed by atoms with Gasteiger partial charge in [0.2, 0.25) is 5.95 Å². The van der Waals surface area contributed by atoms with Crippen LogP contribution in [0, 0.1) is 0 Å². The Morgan fingerprint density at radius 1 is 1.00 bits per heavy atom. The Kier molecular flexibility index (Phi) is 10.6. The van der Waals surface area contributed by atoms with Gasteiger partial charge in [0.15, 0.2) is 0 Å². The lowest BCUT2D eigenvalue weighted by molar-refractivity contribution is -0.325. The number of hydrogen-bond donors (Lipinski definition) is 1. The zero-order chi connectivity index (χ0) is 31.8. The van der Waals surface area contributed by atoms with Crippen molar-refractivity contribution in [2.24, 2.45) is 0 Å². The number of amides is 1. The molecule has 11 heteroatoms. The molecule has 1 aliphatic heterocycles. The number of nitrogens with one attached hydrogen (secondary N) is 1. The molecule has 1 aliphatic rings. The number of benzene rings is 3. The van der Waals surface area contributed by atoms with Crippen LogP contribution in [0.15, 0.2) is 78.9 Å². The molecule has 3 aromatic carbocycles. The highest BCUT2D eigenvalue weighted by Gasteiger charge is 2.29. The summed E-state index contributed by atoms with van der Waals surface area (Å²) in [6.07, 6.45) is -2.04. The average Bonchev–Trinajstić information content (AvgIpc) is 3.39. The van der Waals surface area contributed by atoms with E-state index < -0.39 is 13.0 Å². The molecule has 1 amide bonds. The van der Waals surface area contributed by atoms with E-state index in [1.807, 2.05) is 73.8 Å². The first kappa shape index (κ1) is 32.3. The van der Waals surface area contributed by atoms with Gasteiger partial charge in [0, 0.05) is 50.7 Å². The molecule has 1 unspecified atom stereocenters. The number of carbonyl (C=O) groups excluding carboxylic acids is 1. The van der Waals surface area contributed by atoms with Crippen molar-refractivity contribution in [1.29, 1.82) is 0 Å². The van der Waals surface area contributed by atoms with Crippen LogP contribution in [0.5, 0.6) is 5.75 Å². The number of ether oxygens (including phenoxy) is 2. The Balaban J connectivity index is 1.19. The Morgan fingerprint density at radius 3 is 2.38 bits per heavy atom. The molecule has 1 saturated heterocycles. The SMILES string of the molecule is COc1ccc(C(CCN2CCC(Nc3nc4ccccc4n3CCOC(F)(F)F)CC2)CN(C)C(=O)c2ccccc2)cc1. The molecule has 1 fully saturated rings. The predicted molar refractivity (Wildman–Crippen MR) is 169 cm³/mol. The van der Waals surface area contributed by atoms with Crippen LogP contribution in [0.1, 0.15) is 41.1 Å². The zero-order valence-corrected chi connectivity index (χ0v) is 25.7.